The molecule has 0 saturated carbocycles. The van der Waals surface area contributed by atoms with Gasteiger partial charge in [-0.3, -0.25) is 14.5 Å². The third-order valence-electron chi connectivity index (χ3n) is 5.47. The summed E-state index contributed by atoms with van der Waals surface area (Å²) in [5.41, 5.74) is 2.63. The molecule has 150 valence electrons. The van der Waals surface area contributed by atoms with Crippen molar-refractivity contribution in [1.29, 1.82) is 0 Å². The summed E-state index contributed by atoms with van der Waals surface area (Å²) in [6.45, 7) is 5.91. The van der Waals surface area contributed by atoms with Crippen LogP contribution in [-0.4, -0.2) is 53.8 Å². The van der Waals surface area contributed by atoms with Gasteiger partial charge in [-0.2, -0.15) is 5.10 Å². The number of rotatable bonds is 4. The van der Waals surface area contributed by atoms with Crippen molar-refractivity contribution in [3.8, 4) is 0 Å². The van der Waals surface area contributed by atoms with Crippen LogP contribution in [0.5, 0.6) is 0 Å². The number of para-hydroxylation sites is 1. The Morgan fingerprint density at radius 1 is 1.00 bits per heavy atom. The predicted molar refractivity (Wildman–Crippen MR) is 114 cm³/mol. The molecule has 0 atom stereocenters. The molecule has 0 spiro atoms. The van der Waals surface area contributed by atoms with E-state index in [1.807, 2.05) is 12.1 Å². The second-order valence-corrected chi connectivity index (χ2v) is 7.31. The van der Waals surface area contributed by atoms with Crippen LogP contribution in [0.25, 0.3) is 10.8 Å². The van der Waals surface area contributed by atoms with Crippen LogP contribution in [0.4, 0.5) is 5.69 Å². The number of aryl methyl sites for hydroxylation is 1. The molecule has 0 aliphatic carbocycles. The molecule has 7 nitrogen and oxygen atoms in total. The van der Waals surface area contributed by atoms with E-state index in [0.29, 0.717) is 17.4 Å². The minimum atomic E-state index is -0.292. The Balaban J connectivity index is 1.56. The largest absolute Gasteiger partial charge is 0.369 e. The fourth-order valence-electron chi connectivity index (χ4n) is 3.85. The van der Waals surface area contributed by atoms with Crippen LogP contribution in [-0.2, 0) is 6.67 Å². The monoisotopic (exact) mass is 391 g/mol. The summed E-state index contributed by atoms with van der Waals surface area (Å²) < 4.78 is 1.41. The van der Waals surface area contributed by atoms with Crippen molar-refractivity contribution in [2.75, 3.05) is 38.1 Å². The first-order valence-corrected chi connectivity index (χ1v) is 9.83. The summed E-state index contributed by atoms with van der Waals surface area (Å²) >= 11 is 0. The van der Waals surface area contributed by atoms with E-state index in [1.165, 1.54) is 15.9 Å². The highest BCUT2D eigenvalue weighted by Crippen LogP contribution is 2.21. The number of hydrogen-bond donors (Lipinski definition) is 1. The van der Waals surface area contributed by atoms with Gasteiger partial charge in [0.05, 0.1) is 12.1 Å². The quantitative estimate of drug-likeness (QED) is 0.735. The highest BCUT2D eigenvalue weighted by molar-refractivity contribution is 6.04. The molecule has 1 N–H and O–H groups in total. The van der Waals surface area contributed by atoms with Gasteiger partial charge in [-0.15, -0.1) is 0 Å². The molecule has 0 radical (unpaired) electrons. The van der Waals surface area contributed by atoms with Gasteiger partial charge < -0.3 is 10.2 Å². The maximum absolute atomic E-state index is 12.9. The van der Waals surface area contributed by atoms with E-state index in [0.717, 1.165) is 26.2 Å². The van der Waals surface area contributed by atoms with Crippen LogP contribution in [0.15, 0.2) is 53.3 Å². The topological polar surface area (TPSA) is 70.5 Å². The fraction of sp³-hybridized carbons (Fsp3) is 0.318. The second-order valence-electron chi connectivity index (χ2n) is 7.31. The van der Waals surface area contributed by atoms with Crippen LogP contribution in [0.2, 0.25) is 0 Å². The Hall–Kier alpha value is -3.19. The van der Waals surface area contributed by atoms with Crippen molar-refractivity contribution in [2.45, 2.75) is 13.6 Å². The number of benzene rings is 2. The molecule has 0 bridgehead atoms. The second kappa shape index (κ2) is 8.05. The van der Waals surface area contributed by atoms with Gasteiger partial charge in [-0.25, -0.2) is 4.68 Å². The molecule has 1 saturated heterocycles. The van der Waals surface area contributed by atoms with E-state index in [4.69, 9.17) is 0 Å². The summed E-state index contributed by atoms with van der Waals surface area (Å²) in [7, 11) is 1.57. The van der Waals surface area contributed by atoms with E-state index < -0.39 is 0 Å². The van der Waals surface area contributed by atoms with E-state index in [1.54, 1.807) is 19.2 Å². The number of carbonyl (C=O) groups is 1. The minimum Gasteiger partial charge on any atom is -0.369 e. The number of aromatic nitrogens is 2. The number of hydrogen-bond acceptors (Lipinski definition) is 5. The lowest BCUT2D eigenvalue weighted by molar-refractivity contribution is 0.0955. The van der Waals surface area contributed by atoms with Gasteiger partial charge in [0.25, 0.3) is 11.5 Å². The van der Waals surface area contributed by atoms with E-state index in [-0.39, 0.29) is 17.2 Å². The minimum absolute atomic E-state index is 0.172. The highest BCUT2D eigenvalue weighted by atomic mass is 16.2. The zero-order chi connectivity index (χ0) is 20.4. The maximum Gasteiger partial charge on any atom is 0.275 e. The van der Waals surface area contributed by atoms with Gasteiger partial charge in [0, 0.05) is 44.3 Å². The van der Waals surface area contributed by atoms with E-state index in [9.17, 15) is 9.59 Å². The van der Waals surface area contributed by atoms with Crippen LogP contribution in [0.1, 0.15) is 16.1 Å². The lowest BCUT2D eigenvalue weighted by Gasteiger charge is -2.36. The smallest absolute Gasteiger partial charge is 0.275 e. The molecule has 1 aliphatic rings. The first-order chi connectivity index (χ1) is 14.1. The first kappa shape index (κ1) is 19.1. The molecular formula is C22H25N5O2. The van der Waals surface area contributed by atoms with Crippen LogP contribution >= 0.6 is 0 Å². The maximum atomic E-state index is 12.9. The molecule has 4 rings (SSSR count). The molecule has 1 aliphatic heterocycles. The zero-order valence-corrected chi connectivity index (χ0v) is 16.8. The average Bonchev–Trinajstić information content (AvgIpc) is 2.76. The molecule has 3 aromatic rings. The molecule has 2 aromatic carbocycles. The molecule has 1 amide bonds. The Labute approximate surface area is 169 Å². The number of carbonyl (C=O) groups excluding carboxylic acids is 1. The van der Waals surface area contributed by atoms with E-state index >= 15 is 0 Å². The van der Waals surface area contributed by atoms with Crippen molar-refractivity contribution in [1.82, 2.24) is 20.0 Å². The Morgan fingerprint density at radius 2 is 1.66 bits per heavy atom. The lowest BCUT2D eigenvalue weighted by atomic mass is 10.1. The predicted octanol–water partition coefficient (Wildman–Crippen LogP) is 1.84. The van der Waals surface area contributed by atoms with Gasteiger partial charge in [0.2, 0.25) is 0 Å². The molecule has 29 heavy (non-hydrogen) atoms. The molecule has 1 aromatic heterocycles. The Kier molecular flexibility index (Phi) is 5.31. The fourth-order valence-corrected chi connectivity index (χ4v) is 3.85. The molecule has 2 heterocycles. The number of amides is 1. The van der Waals surface area contributed by atoms with Gasteiger partial charge in [-0.1, -0.05) is 36.4 Å². The molecular weight excluding hydrogens is 366 g/mol. The van der Waals surface area contributed by atoms with Crippen molar-refractivity contribution in [3.05, 3.63) is 70.1 Å². The summed E-state index contributed by atoms with van der Waals surface area (Å²) in [5.74, 6) is -0.292. The van der Waals surface area contributed by atoms with Gasteiger partial charge >= 0.3 is 0 Å². The van der Waals surface area contributed by atoms with Gasteiger partial charge in [-0.05, 0) is 24.6 Å². The SMILES string of the molecule is CNC(=O)c1nn(CN2CCN(c3ccccc3C)CC2)c(=O)c2ccccc12. The highest BCUT2D eigenvalue weighted by Gasteiger charge is 2.21. The number of nitrogens with one attached hydrogen (secondary N) is 1. The van der Waals surface area contributed by atoms with Crippen molar-refractivity contribution >= 4 is 22.4 Å². The number of nitrogens with zero attached hydrogens (tertiary/aromatic N) is 4. The van der Waals surface area contributed by atoms with Crippen molar-refractivity contribution in [2.24, 2.45) is 0 Å². The van der Waals surface area contributed by atoms with Crippen LogP contribution < -0.4 is 15.8 Å². The number of anilines is 1. The van der Waals surface area contributed by atoms with Crippen molar-refractivity contribution < 1.29 is 4.79 Å². The first-order valence-electron chi connectivity index (χ1n) is 9.83. The number of piperazine rings is 1. The van der Waals surface area contributed by atoms with Crippen molar-refractivity contribution in [3.63, 3.8) is 0 Å². The summed E-state index contributed by atoms with van der Waals surface area (Å²) in [6, 6.07) is 15.5. The van der Waals surface area contributed by atoms with Gasteiger partial charge in [0.15, 0.2) is 5.69 Å². The standard InChI is InChI=1S/C22H25N5O2/c1-16-7-3-6-10-19(16)26-13-11-25(12-14-26)15-27-22(29)18-9-5-4-8-17(18)20(24-27)21(28)23-2/h3-10H,11-15H2,1-2H3,(H,23,28). The summed E-state index contributed by atoms with van der Waals surface area (Å²) in [4.78, 5) is 29.8. The van der Waals surface area contributed by atoms with Gasteiger partial charge in [0.1, 0.15) is 0 Å². The molecule has 0 unspecified atom stereocenters. The van der Waals surface area contributed by atoms with Crippen LogP contribution in [0, 0.1) is 6.92 Å². The summed E-state index contributed by atoms with van der Waals surface area (Å²) in [5, 5.41) is 8.10. The zero-order valence-electron chi connectivity index (χ0n) is 16.8. The third-order valence-corrected chi connectivity index (χ3v) is 5.47. The van der Waals surface area contributed by atoms with E-state index in [2.05, 4.69) is 51.4 Å². The molecule has 7 heteroatoms. The lowest BCUT2D eigenvalue weighted by Crippen LogP contribution is -2.48. The van der Waals surface area contributed by atoms with Crippen LogP contribution in [0.3, 0.4) is 0 Å². The Bertz CT molecular complexity index is 1100. The number of fused-ring (bicyclic) bond motifs is 1. The summed E-state index contributed by atoms with van der Waals surface area (Å²) in [6.07, 6.45) is 0. The average molecular weight is 391 g/mol. The molecule has 1 fully saturated rings. The normalized spacial score (nSPS) is 14.9. The Morgan fingerprint density at radius 3 is 2.34 bits per heavy atom. The third kappa shape index (κ3) is 3.73.